The molecule has 0 bridgehead atoms. The highest BCUT2D eigenvalue weighted by atomic mass is 16.5. The number of anilines is 1. The second-order valence-corrected chi connectivity index (χ2v) is 4.10. The standard InChI is InChI=1S/C13H14N4O3/c1-9(18)10-3-2-4-11(7-10)17-13(19)14-6-5-12-15-8-16-20-12/h2-4,7-8H,5-6H2,1H3,(H2,14,17,19). The van der Waals surface area contributed by atoms with Crippen molar-refractivity contribution in [3.8, 4) is 0 Å². The van der Waals surface area contributed by atoms with Gasteiger partial charge in [-0.15, -0.1) is 0 Å². The summed E-state index contributed by atoms with van der Waals surface area (Å²) in [6, 6.07) is 6.39. The molecule has 0 spiro atoms. The van der Waals surface area contributed by atoms with E-state index in [4.69, 9.17) is 4.52 Å². The Balaban J connectivity index is 1.82. The molecule has 0 fully saturated rings. The molecule has 2 N–H and O–H groups in total. The van der Waals surface area contributed by atoms with Crippen molar-refractivity contribution in [1.82, 2.24) is 15.5 Å². The summed E-state index contributed by atoms with van der Waals surface area (Å²) in [5.41, 5.74) is 1.11. The number of Topliss-reactive ketones (excluding diaryl/α,β-unsaturated/α-hetero) is 1. The number of urea groups is 1. The van der Waals surface area contributed by atoms with Gasteiger partial charge >= 0.3 is 6.03 Å². The first-order valence-electron chi connectivity index (χ1n) is 6.06. The Morgan fingerprint density at radius 3 is 2.90 bits per heavy atom. The molecule has 1 heterocycles. The molecule has 2 amide bonds. The van der Waals surface area contributed by atoms with Gasteiger partial charge in [0.2, 0.25) is 5.89 Å². The maximum Gasteiger partial charge on any atom is 0.319 e. The second-order valence-electron chi connectivity index (χ2n) is 4.10. The number of hydrogen-bond donors (Lipinski definition) is 2. The van der Waals surface area contributed by atoms with E-state index in [9.17, 15) is 9.59 Å². The molecule has 0 atom stereocenters. The van der Waals surface area contributed by atoms with Crippen LogP contribution < -0.4 is 10.6 Å². The van der Waals surface area contributed by atoms with Crippen molar-refractivity contribution in [2.24, 2.45) is 0 Å². The van der Waals surface area contributed by atoms with Gasteiger partial charge < -0.3 is 15.2 Å². The molecule has 2 aromatic rings. The van der Waals surface area contributed by atoms with Crippen LogP contribution in [0.25, 0.3) is 0 Å². The number of rotatable bonds is 5. The van der Waals surface area contributed by atoms with Crippen molar-refractivity contribution in [3.63, 3.8) is 0 Å². The van der Waals surface area contributed by atoms with Gasteiger partial charge in [-0.2, -0.15) is 4.98 Å². The molecule has 1 aromatic carbocycles. The molecule has 2 rings (SSSR count). The van der Waals surface area contributed by atoms with Crippen molar-refractivity contribution in [1.29, 1.82) is 0 Å². The summed E-state index contributed by atoms with van der Waals surface area (Å²) in [7, 11) is 0. The summed E-state index contributed by atoms with van der Waals surface area (Å²) in [5, 5.41) is 8.77. The lowest BCUT2D eigenvalue weighted by atomic mass is 10.1. The fourth-order valence-electron chi connectivity index (χ4n) is 1.58. The molecule has 20 heavy (non-hydrogen) atoms. The lowest BCUT2D eigenvalue weighted by Gasteiger charge is -2.07. The van der Waals surface area contributed by atoms with E-state index < -0.39 is 0 Å². The average Bonchev–Trinajstić information content (AvgIpc) is 2.92. The molecule has 0 unspecified atom stereocenters. The fraction of sp³-hybridized carbons (Fsp3) is 0.231. The number of nitrogens with zero attached hydrogens (tertiary/aromatic N) is 2. The van der Waals surface area contributed by atoms with Crippen LogP contribution in [-0.4, -0.2) is 28.5 Å². The van der Waals surface area contributed by atoms with Gasteiger partial charge in [-0.05, 0) is 19.1 Å². The van der Waals surface area contributed by atoms with Crippen LogP contribution in [0.15, 0.2) is 35.1 Å². The van der Waals surface area contributed by atoms with Crippen LogP contribution in [-0.2, 0) is 6.42 Å². The number of benzene rings is 1. The first-order valence-corrected chi connectivity index (χ1v) is 6.06. The van der Waals surface area contributed by atoms with E-state index in [1.54, 1.807) is 24.3 Å². The van der Waals surface area contributed by atoms with Crippen LogP contribution in [0.2, 0.25) is 0 Å². The smallest absolute Gasteiger partial charge is 0.319 e. The maximum atomic E-state index is 11.6. The Bertz CT molecular complexity index is 595. The Morgan fingerprint density at radius 2 is 2.20 bits per heavy atom. The van der Waals surface area contributed by atoms with E-state index in [-0.39, 0.29) is 11.8 Å². The van der Waals surface area contributed by atoms with E-state index >= 15 is 0 Å². The van der Waals surface area contributed by atoms with Crippen molar-refractivity contribution in [3.05, 3.63) is 42.0 Å². The first-order chi connectivity index (χ1) is 9.65. The molecule has 0 saturated carbocycles. The third-order valence-corrected chi connectivity index (χ3v) is 2.56. The topological polar surface area (TPSA) is 97.1 Å². The SMILES string of the molecule is CC(=O)c1cccc(NC(=O)NCCc2ncno2)c1. The number of carbonyl (C=O) groups excluding carboxylic acids is 2. The minimum Gasteiger partial charge on any atom is -0.340 e. The van der Waals surface area contributed by atoms with Crippen LogP contribution in [0.3, 0.4) is 0 Å². The van der Waals surface area contributed by atoms with Crippen LogP contribution in [0.5, 0.6) is 0 Å². The summed E-state index contributed by atoms with van der Waals surface area (Å²) in [6.07, 6.45) is 1.77. The number of nitrogens with one attached hydrogen (secondary N) is 2. The Labute approximate surface area is 115 Å². The predicted octanol–water partition coefficient (Wildman–Crippen LogP) is 1.64. The molecule has 104 valence electrons. The molecule has 0 aliphatic heterocycles. The Morgan fingerprint density at radius 1 is 1.35 bits per heavy atom. The van der Waals surface area contributed by atoms with Gasteiger partial charge in [-0.3, -0.25) is 4.79 Å². The third-order valence-electron chi connectivity index (χ3n) is 2.56. The molecule has 7 heteroatoms. The van der Waals surface area contributed by atoms with Gasteiger partial charge in [-0.25, -0.2) is 4.79 Å². The predicted molar refractivity (Wildman–Crippen MR) is 71.5 cm³/mol. The highest BCUT2D eigenvalue weighted by Crippen LogP contribution is 2.10. The summed E-state index contributed by atoms with van der Waals surface area (Å²) < 4.78 is 4.81. The zero-order valence-electron chi connectivity index (χ0n) is 10.9. The van der Waals surface area contributed by atoms with Crippen LogP contribution in [0.4, 0.5) is 10.5 Å². The molecular formula is C13H14N4O3. The van der Waals surface area contributed by atoms with Gasteiger partial charge in [0.25, 0.3) is 0 Å². The lowest BCUT2D eigenvalue weighted by Crippen LogP contribution is -2.30. The number of amides is 2. The minimum atomic E-state index is -0.356. The van der Waals surface area contributed by atoms with Crippen molar-refractivity contribution < 1.29 is 14.1 Å². The third kappa shape index (κ3) is 3.91. The van der Waals surface area contributed by atoms with E-state index in [0.29, 0.717) is 30.1 Å². The van der Waals surface area contributed by atoms with E-state index in [0.717, 1.165) is 0 Å². The molecule has 0 radical (unpaired) electrons. The van der Waals surface area contributed by atoms with Crippen molar-refractivity contribution in [2.75, 3.05) is 11.9 Å². The van der Waals surface area contributed by atoms with E-state index in [1.165, 1.54) is 13.3 Å². The van der Waals surface area contributed by atoms with Crippen LogP contribution >= 0.6 is 0 Å². The van der Waals surface area contributed by atoms with Gasteiger partial charge in [0.15, 0.2) is 12.1 Å². The highest BCUT2D eigenvalue weighted by molar-refractivity contribution is 5.96. The first kappa shape index (κ1) is 13.7. The van der Waals surface area contributed by atoms with Gasteiger partial charge in [0.05, 0.1) is 0 Å². The minimum absolute atomic E-state index is 0.0505. The van der Waals surface area contributed by atoms with Crippen LogP contribution in [0, 0.1) is 0 Å². The molecule has 0 saturated heterocycles. The van der Waals surface area contributed by atoms with Gasteiger partial charge in [-0.1, -0.05) is 17.3 Å². The van der Waals surface area contributed by atoms with Crippen LogP contribution in [0.1, 0.15) is 23.2 Å². The molecular weight excluding hydrogens is 260 g/mol. The highest BCUT2D eigenvalue weighted by Gasteiger charge is 2.05. The summed E-state index contributed by atoms with van der Waals surface area (Å²) in [5.74, 6) is 0.411. The maximum absolute atomic E-state index is 11.6. The van der Waals surface area contributed by atoms with E-state index in [2.05, 4.69) is 20.8 Å². The molecule has 1 aromatic heterocycles. The Hall–Kier alpha value is -2.70. The number of carbonyl (C=O) groups is 2. The second kappa shape index (κ2) is 6.46. The quantitative estimate of drug-likeness (QED) is 0.808. The lowest BCUT2D eigenvalue weighted by molar-refractivity contribution is 0.101. The molecule has 0 aliphatic carbocycles. The monoisotopic (exact) mass is 274 g/mol. The van der Waals surface area contributed by atoms with Crippen molar-refractivity contribution >= 4 is 17.5 Å². The number of hydrogen-bond acceptors (Lipinski definition) is 5. The summed E-state index contributed by atoms with van der Waals surface area (Å²) in [4.78, 5) is 26.7. The van der Waals surface area contributed by atoms with E-state index in [1.807, 2.05) is 0 Å². The summed E-state index contributed by atoms with van der Waals surface area (Å²) >= 11 is 0. The average molecular weight is 274 g/mol. The molecule has 0 aliphatic rings. The van der Waals surface area contributed by atoms with Gasteiger partial charge in [0, 0.05) is 24.2 Å². The molecule has 7 nitrogen and oxygen atoms in total. The normalized spacial score (nSPS) is 10.1. The Kier molecular flexibility index (Phi) is 4.43. The summed E-state index contributed by atoms with van der Waals surface area (Å²) in [6.45, 7) is 1.85. The van der Waals surface area contributed by atoms with Crippen molar-refractivity contribution in [2.45, 2.75) is 13.3 Å². The fourth-order valence-corrected chi connectivity index (χ4v) is 1.58. The number of aromatic nitrogens is 2. The largest absolute Gasteiger partial charge is 0.340 e. The number of ketones is 1. The zero-order valence-corrected chi connectivity index (χ0v) is 10.9. The zero-order chi connectivity index (χ0) is 14.4. The van der Waals surface area contributed by atoms with Gasteiger partial charge in [0.1, 0.15) is 0 Å².